The molecule has 0 unspecified atom stereocenters. The smallest absolute Gasteiger partial charge is 0.200 e. The Bertz CT molecular complexity index is 2060. The summed E-state index contributed by atoms with van der Waals surface area (Å²) in [5, 5.41) is 5.15. The molecule has 0 saturated heterocycles. The maximum absolute atomic E-state index is 14.6. The van der Waals surface area contributed by atoms with Gasteiger partial charge in [0, 0.05) is 35.0 Å². The standard InChI is InChI=1S/C18BClF15.C15H11/c20-19(1-4(21)10(27)16(33)11(28)5(1)22,2-6(23)12(29)17(34)13(30)7(2)24)3-8(25)14(31)18(35)15(32)9(3)26;1-3-7-14-11-15-8-4-2-6-13(15)10-9-12(14)5-1/h;1-11H/q-1;+1. The van der Waals surface area contributed by atoms with Crippen molar-refractivity contribution in [3.05, 3.63) is 154 Å². The van der Waals surface area contributed by atoms with E-state index in [1.165, 1.54) is 21.5 Å². The van der Waals surface area contributed by atoms with Gasteiger partial charge in [0.15, 0.2) is 57.9 Å². The third kappa shape index (κ3) is 5.64. The van der Waals surface area contributed by atoms with Crippen LogP contribution in [0.3, 0.4) is 0 Å². The molecule has 0 aromatic heterocycles. The fraction of sp³-hybridized carbons (Fsp3) is 0. The van der Waals surface area contributed by atoms with E-state index in [4.69, 9.17) is 11.5 Å². The third-order valence-corrected chi connectivity index (χ3v) is 8.32. The van der Waals surface area contributed by atoms with Crippen LogP contribution >= 0.6 is 11.5 Å². The summed E-state index contributed by atoms with van der Waals surface area (Å²) >= 11 is 5.59. The van der Waals surface area contributed by atoms with Crippen LogP contribution in [0.2, 0.25) is 0 Å². The normalized spacial score (nSPS) is 11.6. The largest absolute Gasteiger partial charge is 0.370 e. The fourth-order valence-corrected chi connectivity index (χ4v) is 5.86. The van der Waals surface area contributed by atoms with Gasteiger partial charge in [0.2, 0.25) is 0 Å². The molecule has 0 atom stereocenters. The van der Waals surface area contributed by atoms with Crippen LogP contribution in [-0.2, 0) is 0 Å². The molecule has 0 nitrogen and oxygen atoms in total. The summed E-state index contributed by atoms with van der Waals surface area (Å²) < 4.78 is 211. The van der Waals surface area contributed by atoms with Crippen LogP contribution in [0.1, 0.15) is 0 Å². The maximum Gasteiger partial charge on any atom is 0.200 e. The van der Waals surface area contributed by atoms with E-state index in [0.717, 1.165) is 0 Å². The summed E-state index contributed by atoms with van der Waals surface area (Å²) in [7, 11) is 0. The lowest BCUT2D eigenvalue weighted by Crippen LogP contribution is -2.69. The Morgan fingerprint density at radius 2 is 0.640 bits per heavy atom. The molecule has 0 N–H and O–H groups in total. The molecular weight excluding hydrogens is 728 g/mol. The predicted octanol–water partition coefficient (Wildman–Crippen LogP) is 9.25. The van der Waals surface area contributed by atoms with Gasteiger partial charge >= 0.3 is 0 Å². The minimum absolute atomic E-state index is 1.29. The SMILES string of the molecule is Fc1c(F)c(F)c([B-](Cl)(c2c(F)c(F)c(F)c(F)c2F)c2c(F)c(F)c(F)c(F)c2F)c(F)c1F.c1ccc2cc3ccccc3[cH+]cc2c1. The zero-order valence-electron chi connectivity index (χ0n) is 24.0. The van der Waals surface area contributed by atoms with Gasteiger partial charge in [0.25, 0.3) is 0 Å². The molecule has 6 rings (SSSR count). The van der Waals surface area contributed by atoms with Crippen LogP contribution in [-0.4, -0.2) is 5.56 Å². The summed E-state index contributed by atoms with van der Waals surface area (Å²) in [5.74, 6) is -46.5. The lowest BCUT2D eigenvalue weighted by molar-refractivity contribution is 0.380. The maximum atomic E-state index is 14.6. The first-order valence-electron chi connectivity index (χ1n) is 13.6. The molecule has 17 heteroatoms. The molecule has 0 spiro atoms. The molecule has 50 heavy (non-hydrogen) atoms. The molecule has 0 heterocycles. The molecule has 258 valence electrons. The highest BCUT2D eigenvalue weighted by Gasteiger charge is 2.47. The van der Waals surface area contributed by atoms with E-state index >= 15 is 0 Å². The van der Waals surface area contributed by atoms with Crippen LogP contribution in [0.15, 0.2) is 66.7 Å². The zero-order valence-corrected chi connectivity index (χ0v) is 24.7. The van der Waals surface area contributed by atoms with Gasteiger partial charge in [0.05, 0.1) is 5.39 Å². The van der Waals surface area contributed by atoms with Crippen molar-refractivity contribution < 1.29 is 65.9 Å². The summed E-state index contributed by atoms with van der Waals surface area (Å²) in [5.41, 5.74) is -14.5. The average molecular weight is 739 g/mol. The summed E-state index contributed by atoms with van der Waals surface area (Å²) in [4.78, 5) is 0. The van der Waals surface area contributed by atoms with E-state index in [9.17, 15) is 65.9 Å². The number of hydrogen-bond acceptors (Lipinski definition) is 0. The van der Waals surface area contributed by atoms with Gasteiger partial charge in [-0.3, -0.25) is 0 Å². The molecule has 0 radical (unpaired) electrons. The molecule has 6 aromatic carbocycles. The van der Waals surface area contributed by atoms with E-state index in [1.54, 1.807) is 0 Å². The van der Waals surface area contributed by atoms with Crippen LogP contribution < -0.4 is 16.4 Å². The van der Waals surface area contributed by atoms with Crippen LogP contribution in [0.25, 0.3) is 21.5 Å². The van der Waals surface area contributed by atoms with E-state index < -0.39 is 109 Å². The first-order valence-corrected chi connectivity index (χ1v) is 14.0. The van der Waals surface area contributed by atoms with Crippen molar-refractivity contribution in [2.75, 3.05) is 0 Å². The zero-order chi connectivity index (χ0) is 37.0. The van der Waals surface area contributed by atoms with Gasteiger partial charge in [-0.2, -0.15) is 0 Å². The molecule has 6 aromatic rings. The van der Waals surface area contributed by atoms with Gasteiger partial charge in [-0.15, -0.1) is 16.4 Å². The van der Waals surface area contributed by atoms with E-state index in [2.05, 4.69) is 66.7 Å². The Balaban J connectivity index is 0.000000266. The van der Waals surface area contributed by atoms with E-state index in [1.807, 2.05) is 0 Å². The number of rotatable bonds is 3. The molecule has 0 aliphatic rings. The van der Waals surface area contributed by atoms with Crippen molar-refractivity contribution in [3.63, 3.8) is 0 Å². The number of halogens is 16. The van der Waals surface area contributed by atoms with Gasteiger partial charge in [-0.25, -0.2) is 65.9 Å². The van der Waals surface area contributed by atoms with Crippen molar-refractivity contribution in [2.45, 2.75) is 0 Å². The Hall–Kier alpha value is -4.99. The number of fused-ring (bicyclic) bond motifs is 2. The first kappa shape index (κ1) is 36.3. The van der Waals surface area contributed by atoms with Crippen molar-refractivity contribution >= 4 is 55.0 Å². The van der Waals surface area contributed by atoms with E-state index in [0.29, 0.717) is 0 Å². The quantitative estimate of drug-likeness (QED) is 0.0559. The highest BCUT2D eigenvalue weighted by Crippen LogP contribution is 2.29. The summed E-state index contributed by atoms with van der Waals surface area (Å²) in [6, 6.07) is 23.5. The Morgan fingerprint density at radius 1 is 0.360 bits per heavy atom. The van der Waals surface area contributed by atoms with Crippen LogP contribution in [0.5, 0.6) is 0 Å². The molecule has 0 saturated carbocycles. The molecule has 0 amide bonds. The average Bonchev–Trinajstić information content (AvgIpc) is 3.29. The lowest BCUT2D eigenvalue weighted by atomic mass is 9.34. The van der Waals surface area contributed by atoms with Crippen LogP contribution in [0.4, 0.5) is 65.9 Å². The Kier molecular flexibility index (Phi) is 9.71. The highest BCUT2D eigenvalue weighted by molar-refractivity contribution is 7.40. The van der Waals surface area contributed by atoms with Crippen molar-refractivity contribution in [3.8, 4) is 0 Å². The first-order chi connectivity index (χ1) is 23.5. The molecular formula is C33H11BClF15. The second-order valence-electron chi connectivity index (χ2n) is 10.4. The van der Waals surface area contributed by atoms with Crippen molar-refractivity contribution in [1.82, 2.24) is 0 Å². The second kappa shape index (κ2) is 13.4. The van der Waals surface area contributed by atoms with Gasteiger partial charge in [-0.05, 0) is 30.3 Å². The van der Waals surface area contributed by atoms with Gasteiger partial charge in [0.1, 0.15) is 40.3 Å². The van der Waals surface area contributed by atoms with Crippen molar-refractivity contribution in [1.29, 1.82) is 0 Å². The molecule has 0 aliphatic heterocycles. The summed E-state index contributed by atoms with van der Waals surface area (Å²) in [6.07, 6.45) is 0. The monoisotopic (exact) mass is 738 g/mol. The Morgan fingerprint density at radius 3 is 1.00 bits per heavy atom. The third-order valence-electron chi connectivity index (χ3n) is 7.67. The lowest BCUT2D eigenvalue weighted by Gasteiger charge is -2.38. The molecule has 0 aliphatic carbocycles. The highest BCUT2D eigenvalue weighted by atomic mass is 35.5. The predicted molar refractivity (Wildman–Crippen MR) is 155 cm³/mol. The number of hydrogen-bond donors (Lipinski definition) is 0. The van der Waals surface area contributed by atoms with E-state index in [-0.39, 0.29) is 0 Å². The van der Waals surface area contributed by atoms with Crippen molar-refractivity contribution in [2.24, 2.45) is 0 Å². The van der Waals surface area contributed by atoms with Crippen LogP contribution in [0, 0.1) is 87.3 Å². The van der Waals surface area contributed by atoms with Gasteiger partial charge < -0.3 is 11.5 Å². The number of benzene rings is 5. The Labute approximate surface area is 274 Å². The molecule has 0 fully saturated rings. The van der Waals surface area contributed by atoms with Gasteiger partial charge in [-0.1, -0.05) is 12.1 Å². The minimum atomic E-state index is -5.94. The second-order valence-corrected chi connectivity index (χ2v) is 11.1. The summed E-state index contributed by atoms with van der Waals surface area (Å²) in [6.45, 7) is 0. The fourth-order valence-electron chi connectivity index (χ4n) is 5.28. The minimum Gasteiger partial charge on any atom is -0.370 e. The molecule has 0 bridgehead atoms. The topological polar surface area (TPSA) is 0 Å².